The molecule has 2 heteroatoms. The molecule has 0 aliphatic heterocycles. The molecule has 0 radical (unpaired) electrons. The van der Waals surface area contributed by atoms with E-state index < -0.39 is 0 Å². The predicted molar refractivity (Wildman–Crippen MR) is 76.5 cm³/mol. The molecule has 1 aliphatic rings. The molecule has 0 spiro atoms. The average molecular weight is 251 g/mol. The Morgan fingerprint density at radius 1 is 1.24 bits per heavy atom. The highest BCUT2D eigenvalue weighted by Crippen LogP contribution is 2.30. The van der Waals surface area contributed by atoms with Gasteiger partial charge in [0, 0.05) is 17.0 Å². The van der Waals surface area contributed by atoms with Gasteiger partial charge in [0.2, 0.25) is 0 Å². The fraction of sp³-hybridized carbons (Fsp3) is 0.733. The van der Waals surface area contributed by atoms with Crippen LogP contribution in [0.5, 0.6) is 0 Å². The van der Waals surface area contributed by atoms with Gasteiger partial charge in [-0.1, -0.05) is 26.8 Å². The van der Waals surface area contributed by atoms with Gasteiger partial charge in [0.05, 0.1) is 0 Å². The monoisotopic (exact) mass is 251 g/mol. The Kier molecular flexibility index (Phi) is 4.63. The molecule has 2 rings (SSSR count). The Bertz CT molecular complexity index is 310. The van der Waals surface area contributed by atoms with Gasteiger partial charge in [-0.2, -0.15) is 0 Å². The molecule has 1 saturated carbocycles. The largest absolute Gasteiger partial charge is 0.306 e. The normalized spacial score (nSPS) is 27.3. The Hall–Kier alpha value is -0.340. The fourth-order valence-electron chi connectivity index (χ4n) is 2.75. The third kappa shape index (κ3) is 3.56. The molecule has 17 heavy (non-hydrogen) atoms. The van der Waals surface area contributed by atoms with Crippen LogP contribution in [0, 0.1) is 11.8 Å². The van der Waals surface area contributed by atoms with Gasteiger partial charge in [-0.3, -0.25) is 0 Å². The van der Waals surface area contributed by atoms with E-state index in [1.165, 1.54) is 30.6 Å². The molecule has 0 bridgehead atoms. The van der Waals surface area contributed by atoms with Gasteiger partial charge < -0.3 is 5.32 Å². The first kappa shape index (κ1) is 13.1. The summed E-state index contributed by atoms with van der Waals surface area (Å²) in [4.78, 5) is 1.50. The molecule has 1 N–H and O–H groups in total. The van der Waals surface area contributed by atoms with Crippen molar-refractivity contribution < 1.29 is 0 Å². The summed E-state index contributed by atoms with van der Waals surface area (Å²) in [6, 6.07) is 5.72. The average Bonchev–Trinajstić information content (AvgIpc) is 2.81. The highest BCUT2D eigenvalue weighted by molar-refractivity contribution is 7.10. The van der Waals surface area contributed by atoms with E-state index in [0.717, 1.165) is 12.0 Å². The molecule has 1 atom stereocenters. The molecule has 1 unspecified atom stereocenters. The van der Waals surface area contributed by atoms with E-state index in [0.29, 0.717) is 12.0 Å². The summed E-state index contributed by atoms with van der Waals surface area (Å²) < 4.78 is 0. The van der Waals surface area contributed by atoms with Crippen LogP contribution in [-0.4, -0.2) is 6.04 Å². The first-order valence-electron chi connectivity index (χ1n) is 6.96. The minimum absolute atomic E-state index is 0.549. The molecule has 1 aliphatic carbocycles. The van der Waals surface area contributed by atoms with Crippen LogP contribution >= 0.6 is 11.3 Å². The summed E-state index contributed by atoms with van der Waals surface area (Å²) >= 11 is 1.89. The summed E-state index contributed by atoms with van der Waals surface area (Å²) in [5, 5.41) is 6.08. The van der Waals surface area contributed by atoms with Crippen molar-refractivity contribution >= 4 is 11.3 Å². The van der Waals surface area contributed by atoms with Crippen LogP contribution in [0.1, 0.15) is 57.4 Å². The second-order valence-corrected chi connectivity index (χ2v) is 6.84. The van der Waals surface area contributed by atoms with Crippen molar-refractivity contribution in [3.63, 3.8) is 0 Å². The zero-order chi connectivity index (χ0) is 12.3. The quantitative estimate of drug-likeness (QED) is 0.823. The maximum atomic E-state index is 3.89. The number of thiophene rings is 1. The van der Waals surface area contributed by atoms with E-state index in [1.807, 2.05) is 11.3 Å². The van der Waals surface area contributed by atoms with Crippen molar-refractivity contribution in [2.75, 3.05) is 0 Å². The van der Waals surface area contributed by atoms with E-state index in [-0.39, 0.29) is 0 Å². The highest BCUT2D eigenvalue weighted by Gasteiger charge is 2.23. The van der Waals surface area contributed by atoms with Crippen molar-refractivity contribution in [3.8, 4) is 0 Å². The third-order valence-corrected chi connectivity index (χ3v) is 4.90. The SMILES string of the molecule is CC1CCC(NC(c2cccs2)C(C)C)CC1. The lowest BCUT2D eigenvalue weighted by Gasteiger charge is -2.32. The van der Waals surface area contributed by atoms with Crippen LogP contribution < -0.4 is 5.32 Å². The molecule has 0 saturated heterocycles. The standard InChI is InChI=1S/C15H25NS/c1-11(2)15(14-5-4-10-17-14)16-13-8-6-12(3)7-9-13/h4-5,10-13,15-16H,6-9H2,1-3H3. The van der Waals surface area contributed by atoms with Gasteiger partial charge in [-0.15, -0.1) is 11.3 Å². The van der Waals surface area contributed by atoms with Gasteiger partial charge in [0.1, 0.15) is 0 Å². The second-order valence-electron chi connectivity index (χ2n) is 5.86. The Balaban J connectivity index is 1.94. The lowest BCUT2D eigenvalue weighted by Crippen LogP contribution is -2.37. The van der Waals surface area contributed by atoms with Gasteiger partial charge in [-0.25, -0.2) is 0 Å². The van der Waals surface area contributed by atoms with Crippen molar-refractivity contribution in [1.82, 2.24) is 5.32 Å². The minimum atomic E-state index is 0.549. The highest BCUT2D eigenvalue weighted by atomic mass is 32.1. The van der Waals surface area contributed by atoms with Crippen molar-refractivity contribution in [3.05, 3.63) is 22.4 Å². The topological polar surface area (TPSA) is 12.0 Å². The minimum Gasteiger partial charge on any atom is -0.306 e. The Morgan fingerprint density at radius 3 is 2.47 bits per heavy atom. The number of nitrogens with one attached hydrogen (secondary N) is 1. The molecule has 1 fully saturated rings. The van der Waals surface area contributed by atoms with Crippen molar-refractivity contribution in [2.45, 2.75) is 58.5 Å². The third-order valence-electron chi connectivity index (χ3n) is 3.95. The van der Waals surface area contributed by atoms with Crippen molar-refractivity contribution in [1.29, 1.82) is 0 Å². The second kappa shape index (κ2) is 6.01. The van der Waals surface area contributed by atoms with Crippen molar-refractivity contribution in [2.24, 2.45) is 11.8 Å². The zero-order valence-corrected chi connectivity index (χ0v) is 12.1. The maximum Gasteiger partial charge on any atom is 0.0440 e. The summed E-state index contributed by atoms with van der Waals surface area (Å²) in [7, 11) is 0. The van der Waals surface area contributed by atoms with E-state index >= 15 is 0 Å². The van der Waals surface area contributed by atoms with Crippen LogP contribution in [0.3, 0.4) is 0 Å². The van der Waals surface area contributed by atoms with Gasteiger partial charge in [-0.05, 0) is 49.0 Å². The first-order valence-corrected chi connectivity index (χ1v) is 7.84. The first-order chi connectivity index (χ1) is 8.16. The van der Waals surface area contributed by atoms with E-state index in [4.69, 9.17) is 0 Å². The molecular formula is C15H25NS. The van der Waals surface area contributed by atoms with Gasteiger partial charge >= 0.3 is 0 Å². The Labute approximate surface area is 110 Å². The molecule has 1 aromatic heterocycles. The van der Waals surface area contributed by atoms with E-state index in [9.17, 15) is 0 Å². The maximum absolute atomic E-state index is 3.89. The molecule has 1 nitrogen and oxygen atoms in total. The molecular weight excluding hydrogens is 226 g/mol. The summed E-state index contributed by atoms with van der Waals surface area (Å²) in [6.07, 6.45) is 5.51. The zero-order valence-electron chi connectivity index (χ0n) is 11.3. The fourth-order valence-corrected chi connectivity index (χ4v) is 3.71. The van der Waals surface area contributed by atoms with Gasteiger partial charge in [0.25, 0.3) is 0 Å². The lowest BCUT2D eigenvalue weighted by atomic mass is 9.86. The molecule has 0 amide bonds. The van der Waals surface area contributed by atoms with Crippen LogP contribution in [0.15, 0.2) is 17.5 Å². The molecule has 1 aromatic rings. The van der Waals surface area contributed by atoms with Crippen LogP contribution in [-0.2, 0) is 0 Å². The lowest BCUT2D eigenvalue weighted by molar-refractivity contribution is 0.266. The molecule has 96 valence electrons. The molecule has 0 aromatic carbocycles. The summed E-state index contributed by atoms with van der Waals surface area (Å²) in [5.41, 5.74) is 0. The van der Waals surface area contributed by atoms with Gasteiger partial charge in [0.15, 0.2) is 0 Å². The predicted octanol–water partition coefficient (Wildman–Crippen LogP) is 4.61. The summed E-state index contributed by atoms with van der Waals surface area (Å²) in [6.45, 7) is 7.03. The van der Waals surface area contributed by atoms with Crippen LogP contribution in [0.25, 0.3) is 0 Å². The van der Waals surface area contributed by atoms with Crippen LogP contribution in [0.2, 0.25) is 0 Å². The number of rotatable bonds is 4. The number of hydrogen-bond donors (Lipinski definition) is 1. The van der Waals surface area contributed by atoms with E-state index in [2.05, 4.69) is 43.6 Å². The van der Waals surface area contributed by atoms with E-state index in [1.54, 1.807) is 0 Å². The molecule has 1 heterocycles. The number of hydrogen-bond acceptors (Lipinski definition) is 2. The van der Waals surface area contributed by atoms with Crippen LogP contribution in [0.4, 0.5) is 0 Å². The smallest absolute Gasteiger partial charge is 0.0440 e. The summed E-state index contributed by atoms with van der Waals surface area (Å²) in [5.74, 6) is 1.61. The Morgan fingerprint density at radius 2 is 1.94 bits per heavy atom.